The van der Waals surface area contributed by atoms with E-state index in [2.05, 4.69) is 59.1 Å². The SMILES string of the molecule is CCC1C(C2=CN(CCC(=O)NCCN)CNC2=O)OC2CO[Si](C(C)(C)C)(C(C)(C)C)OC21. The molecule has 4 unspecified atom stereocenters. The third kappa shape index (κ3) is 5.21. The lowest BCUT2D eigenvalue weighted by molar-refractivity contribution is -0.121. The van der Waals surface area contributed by atoms with E-state index >= 15 is 0 Å². The molecule has 9 nitrogen and oxygen atoms in total. The smallest absolute Gasteiger partial charge is 0.349 e. The van der Waals surface area contributed by atoms with Crippen molar-refractivity contribution in [3.63, 3.8) is 0 Å². The highest BCUT2D eigenvalue weighted by Crippen LogP contribution is 2.56. The first-order valence-electron chi connectivity index (χ1n) is 12.5. The Balaban J connectivity index is 1.80. The molecule has 2 amide bonds. The van der Waals surface area contributed by atoms with E-state index in [9.17, 15) is 9.59 Å². The van der Waals surface area contributed by atoms with Crippen LogP contribution in [0.3, 0.4) is 0 Å². The Labute approximate surface area is 205 Å². The van der Waals surface area contributed by atoms with E-state index in [4.69, 9.17) is 19.3 Å². The van der Waals surface area contributed by atoms with Gasteiger partial charge in [-0.1, -0.05) is 48.5 Å². The highest BCUT2D eigenvalue weighted by molar-refractivity contribution is 6.73. The number of hydrogen-bond donors (Lipinski definition) is 3. The van der Waals surface area contributed by atoms with E-state index in [1.807, 2.05) is 11.1 Å². The van der Waals surface area contributed by atoms with Gasteiger partial charge in [0.15, 0.2) is 0 Å². The largest absolute Gasteiger partial charge is 0.391 e. The molecule has 194 valence electrons. The fourth-order valence-electron chi connectivity index (χ4n) is 5.67. The van der Waals surface area contributed by atoms with Crippen LogP contribution in [0.4, 0.5) is 0 Å². The molecule has 0 aliphatic carbocycles. The lowest BCUT2D eigenvalue weighted by Crippen LogP contribution is -2.64. The van der Waals surface area contributed by atoms with Gasteiger partial charge in [0.05, 0.1) is 31.1 Å². The zero-order valence-corrected chi connectivity index (χ0v) is 22.9. The van der Waals surface area contributed by atoms with E-state index in [1.54, 1.807) is 0 Å². The van der Waals surface area contributed by atoms with Crippen LogP contribution in [0.5, 0.6) is 0 Å². The van der Waals surface area contributed by atoms with Gasteiger partial charge < -0.3 is 34.9 Å². The highest BCUT2D eigenvalue weighted by atomic mass is 28.4. The van der Waals surface area contributed by atoms with Crippen molar-refractivity contribution >= 4 is 20.4 Å². The Hall–Kier alpha value is -1.46. The summed E-state index contributed by atoms with van der Waals surface area (Å²) in [6.45, 7) is 17.6. The Bertz CT molecular complexity index is 777. The molecule has 3 heterocycles. The first-order chi connectivity index (χ1) is 15.8. The molecule has 0 spiro atoms. The number of ether oxygens (including phenoxy) is 1. The van der Waals surface area contributed by atoms with Crippen LogP contribution in [0.15, 0.2) is 11.8 Å². The van der Waals surface area contributed by atoms with Crippen molar-refractivity contribution in [2.45, 2.75) is 89.7 Å². The van der Waals surface area contributed by atoms with Crippen molar-refractivity contribution in [2.75, 3.05) is 32.9 Å². The quantitative estimate of drug-likeness (QED) is 0.462. The minimum atomic E-state index is -2.64. The third-order valence-electron chi connectivity index (χ3n) is 7.12. The van der Waals surface area contributed by atoms with E-state index in [0.717, 1.165) is 6.42 Å². The summed E-state index contributed by atoms with van der Waals surface area (Å²) in [6, 6.07) is 0. The Morgan fingerprint density at radius 3 is 2.53 bits per heavy atom. The summed E-state index contributed by atoms with van der Waals surface area (Å²) in [6.07, 6.45) is 2.33. The highest BCUT2D eigenvalue weighted by Gasteiger charge is 2.64. The summed E-state index contributed by atoms with van der Waals surface area (Å²) in [5.74, 6) is -0.125. The van der Waals surface area contributed by atoms with Crippen LogP contribution < -0.4 is 16.4 Å². The van der Waals surface area contributed by atoms with Crippen LogP contribution >= 0.6 is 0 Å². The predicted octanol–water partition coefficient (Wildman–Crippen LogP) is 1.98. The van der Waals surface area contributed by atoms with Crippen molar-refractivity contribution in [1.82, 2.24) is 15.5 Å². The Kier molecular flexibility index (Phi) is 8.19. The monoisotopic (exact) mass is 496 g/mol. The molecule has 0 saturated carbocycles. The lowest BCUT2D eigenvalue weighted by Gasteiger charge is -2.54. The minimum absolute atomic E-state index is 0.0512. The molecule has 2 saturated heterocycles. The second kappa shape index (κ2) is 10.3. The maximum atomic E-state index is 12.9. The normalized spacial score (nSPS) is 29.4. The number of fused-ring (bicyclic) bond motifs is 1. The number of nitrogens with one attached hydrogen (secondary N) is 2. The van der Waals surface area contributed by atoms with E-state index in [0.29, 0.717) is 44.9 Å². The second-order valence-corrected chi connectivity index (χ2v) is 16.4. The molecule has 3 aliphatic rings. The number of amides is 2. The molecule has 10 heteroatoms. The van der Waals surface area contributed by atoms with E-state index in [-0.39, 0.29) is 46.1 Å². The van der Waals surface area contributed by atoms with Crippen molar-refractivity contribution in [2.24, 2.45) is 11.7 Å². The number of rotatable bonds is 7. The molecule has 4 atom stereocenters. The topological polar surface area (TPSA) is 115 Å². The summed E-state index contributed by atoms with van der Waals surface area (Å²) in [4.78, 5) is 26.8. The van der Waals surface area contributed by atoms with Gasteiger partial charge in [-0.2, -0.15) is 0 Å². The van der Waals surface area contributed by atoms with Crippen LogP contribution in [-0.2, 0) is 23.2 Å². The summed E-state index contributed by atoms with van der Waals surface area (Å²) in [5, 5.41) is 5.49. The van der Waals surface area contributed by atoms with Crippen molar-refractivity contribution in [3.8, 4) is 0 Å². The van der Waals surface area contributed by atoms with Gasteiger partial charge in [-0.15, -0.1) is 0 Å². The van der Waals surface area contributed by atoms with Gasteiger partial charge in [0.1, 0.15) is 6.10 Å². The molecular weight excluding hydrogens is 452 g/mol. The zero-order valence-electron chi connectivity index (χ0n) is 21.9. The van der Waals surface area contributed by atoms with Gasteiger partial charge >= 0.3 is 8.56 Å². The predicted molar refractivity (Wildman–Crippen MR) is 133 cm³/mol. The van der Waals surface area contributed by atoms with Crippen molar-refractivity contribution < 1.29 is 23.2 Å². The van der Waals surface area contributed by atoms with Crippen molar-refractivity contribution in [3.05, 3.63) is 11.8 Å². The summed E-state index contributed by atoms with van der Waals surface area (Å²) >= 11 is 0. The first-order valence-corrected chi connectivity index (χ1v) is 14.3. The molecule has 4 N–H and O–H groups in total. The van der Waals surface area contributed by atoms with Crippen LogP contribution in [0, 0.1) is 5.92 Å². The fourth-order valence-corrected chi connectivity index (χ4v) is 10.7. The zero-order chi connectivity index (χ0) is 25.3. The van der Waals surface area contributed by atoms with Crippen LogP contribution in [0.1, 0.15) is 61.3 Å². The fraction of sp³-hybridized carbons (Fsp3) is 0.833. The number of hydrogen-bond acceptors (Lipinski definition) is 7. The van der Waals surface area contributed by atoms with E-state index < -0.39 is 8.56 Å². The van der Waals surface area contributed by atoms with E-state index in [1.165, 1.54) is 0 Å². The van der Waals surface area contributed by atoms with Crippen molar-refractivity contribution in [1.29, 1.82) is 0 Å². The third-order valence-corrected chi connectivity index (χ3v) is 12.3. The van der Waals surface area contributed by atoms with Gasteiger partial charge in [0.25, 0.3) is 5.91 Å². The average molecular weight is 497 g/mol. The average Bonchev–Trinajstić information content (AvgIpc) is 3.12. The molecule has 0 aromatic carbocycles. The Morgan fingerprint density at radius 1 is 1.26 bits per heavy atom. The van der Waals surface area contributed by atoms with Gasteiger partial charge in [-0.25, -0.2) is 0 Å². The number of carbonyl (C=O) groups excluding carboxylic acids is 2. The van der Waals surface area contributed by atoms with Gasteiger partial charge in [-0.05, 0) is 6.42 Å². The van der Waals surface area contributed by atoms with Gasteiger partial charge in [0, 0.05) is 48.2 Å². The number of nitrogens with two attached hydrogens (primary N) is 1. The summed E-state index contributed by atoms with van der Waals surface area (Å²) < 4.78 is 20.0. The first kappa shape index (κ1) is 27.1. The molecule has 0 bridgehead atoms. The molecule has 3 aliphatic heterocycles. The lowest BCUT2D eigenvalue weighted by atomic mass is 9.89. The molecule has 0 aromatic rings. The molecular formula is C24H44N4O5Si. The second-order valence-electron chi connectivity index (χ2n) is 11.6. The van der Waals surface area contributed by atoms with Crippen LogP contribution in [0.2, 0.25) is 10.1 Å². The number of carbonyl (C=O) groups is 2. The Morgan fingerprint density at radius 2 is 1.94 bits per heavy atom. The van der Waals surface area contributed by atoms with Gasteiger partial charge in [0.2, 0.25) is 5.91 Å². The van der Waals surface area contributed by atoms with Crippen LogP contribution in [0.25, 0.3) is 0 Å². The summed E-state index contributed by atoms with van der Waals surface area (Å²) in [7, 11) is -2.64. The summed E-state index contributed by atoms with van der Waals surface area (Å²) in [5.41, 5.74) is 6.04. The molecule has 0 aromatic heterocycles. The molecule has 0 radical (unpaired) electrons. The molecule has 3 rings (SSSR count). The standard InChI is InChI=1S/C24H44N4O5Si/c1-8-16-20(17-13-28(15-27-22(17)30)12-9-19(29)26-11-10-25)32-18-14-31-34(23(2,3)4,24(5,6)7)33-21(16)18/h13,16,18,20-21H,8-12,14-15,25H2,1-7H3,(H,26,29)(H,27,30). The maximum absolute atomic E-state index is 12.9. The van der Waals surface area contributed by atoms with Crippen LogP contribution in [-0.4, -0.2) is 76.5 Å². The van der Waals surface area contributed by atoms with Gasteiger partial charge in [-0.3, -0.25) is 9.59 Å². The minimum Gasteiger partial charge on any atom is -0.391 e. The molecule has 34 heavy (non-hydrogen) atoms. The maximum Gasteiger partial charge on any atom is 0.349 e. The molecule has 2 fully saturated rings. The number of nitrogens with zero attached hydrogens (tertiary/aromatic N) is 1.